The standard InChI is InChI=1S/C17H15ClN2O2S/c1-22-14-7-11(18)6-10(16(14)21)9-20-17-13(8-19)12-4-2-3-5-15(12)23-17/h6-7,9,21H,2-5H2,1H3/b20-9+. The van der Waals surface area contributed by atoms with Gasteiger partial charge in [0.1, 0.15) is 11.1 Å². The van der Waals surface area contributed by atoms with Gasteiger partial charge in [-0.15, -0.1) is 11.3 Å². The van der Waals surface area contributed by atoms with Crippen LogP contribution in [0.1, 0.15) is 34.4 Å². The lowest BCUT2D eigenvalue weighted by atomic mass is 9.96. The van der Waals surface area contributed by atoms with Crippen molar-refractivity contribution in [1.29, 1.82) is 5.26 Å². The summed E-state index contributed by atoms with van der Waals surface area (Å²) in [6.07, 6.45) is 5.77. The SMILES string of the molecule is COc1cc(Cl)cc(/C=N/c2sc3c(c2C#N)CCCC3)c1O. The van der Waals surface area contributed by atoms with Crippen molar-refractivity contribution in [3.8, 4) is 17.6 Å². The maximum atomic E-state index is 10.1. The Morgan fingerprint density at radius 1 is 1.39 bits per heavy atom. The van der Waals surface area contributed by atoms with Crippen LogP contribution in [0, 0.1) is 11.3 Å². The molecule has 4 nitrogen and oxygen atoms in total. The number of thiophene rings is 1. The molecule has 0 bridgehead atoms. The minimum atomic E-state index is -0.0134. The minimum Gasteiger partial charge on any atom is -0.504 e. The highest BCUT2D eigenvalue weighted by Crippen LogP contribution is 2.40. The monoisotopic (exact) mass is 346 g/mol. The first-order valence-electron chi connectivity index (χ1n) is 7.29. The van der Waals surface area contributed by atoms with Gasteiger partial charge >= 0.3 is 0 Å². The number of nitriles is 1. The van der Waals surface area contributed by atoms with E-state index in [0.717, 1.165) is 31.2 Å². The van der Waals surface area contributed by atoms with Crippen LogP contribution >= 0.6 is 22.9 Å². The second-order valence-corrected chi connectivity index (χ2v) is 6.83. The zero-order valence-corrected chi connectivity index (χ0v) is 14.2. The third-order valence-electron chi connectivity index (χ3n) is 3.87. The Labute approximate surface area is 143 Å². The third-order valence-corrected chi connectivity index (χ3v) is 5.29. The summed E-state index contributed by atoms with van der Waals surface area (Å²) in [5, 5.41) is 20.7. The van der Waals surface area contributed by atoms with Crippen LogP contribution in [0.15, 0.2) is 17.1 Å². The van der Waals surface area contributed by atoms with Crippen LogP contribution < -0.4 is 4.74 Å². The predicted octanol–water partition coefficient (Wildman–Crippen LogP) is 4.62. The van der Waals surface area contributed by atoms with Gasteiger partial charge in [0.05, 0.1) is 12.7 Å². The Kier molecular flexibility index (Phi) is 4.56. The molecule has 0 fully saturated rings. The summed E-state index contributed by atoms with van der Waals surface area (Å²) in [7, 11) is 1.47. The van der Waals surface area contributed by atoms with Crippen LogP contribution in [0.3, 0.4) is 0 Å². The molecule has 0 unspecified atom stereocenters. The fourth-order valence-corrected chi connectivity index (χ4v) is 4.13. The van der Waals surface area contributed by atoms with E-state index in [0.29, 0.717) is 26.9 Å². The number of halogens is 1. The van der Waals surface area contributed by atoms with Gasteiger partial charge in [0.15, 0.2) is 11.5 Å². The first-order chi connectivity index (χ1) is 11.1. The lowest BCUT2D eigenvalue weighted by Gasteiger charge is -2.09. The Morgan fingerprint density at radius 3 is 2.91 bits per heavy atom. The number of aliphatic imine (C=N–C) groups is 1. The molecule has 118 valence electrons. The van der Waals surface area contributed by atoms with E-state index in [9.17, 15) is 10.4 Å². The summed E-state index contributed by atoms with van der Waals surface area (Å²) >= 11 is 7.58. The summed E-state index contributed by atoms with van der Waals surface area (Å²) in [6, 6.07) is 5.43. The molecule has 1 aliphatic carbocycles. The van der Waals surface area contributed by atoms with Crippen molar-refractivity contribution in [2.45, 2.75) is 25.7 Å². The van der Waals surface area contributed by atoms with Crippen LogP contribution in [0.4, 0.5) is 5.00 Å². The molecule has 1 aliphatic rings. The molecule has 0 spiro atoms. The lowest BCUT2D eigenvalue weighted by Crippen LogP contribution is -1.99. The number of methoxy groups -OCH3 is 1. The third kappa shape index (κ3) is 3.05. The fraction of sp³-hybridized carbons (Fsp3) is 0.294. The van der Waals surface area contributed by atoms with Gasteiger partial charge in [0.25, 0.3) is 0 Å². The molecule has 0 aliphatic heterocycles. The van der Waals surface area contributed by atoms with Gasteiger partial charge in [0, 0.05) is 27.7 Å². The summed E-state index contributed by atoms with van der Waals surface area (Å²) in [4.78, 5) is 5.68. The number of benzene rings is 1. The molecule has 1 heterocycles. The van der Waals surface area contributed by atoms with Crippen molar-refractivity contribution in [3.05, 3.63) is 38.7 Å². The zero-order chi connectivity index (χ0) is 16.4. The first kappa shape index (κ1) is 15.9. The van der Waals surface area contributed by atoms with Crippen LogP contribution in [0.2, 0.25) is 5.02 Å². The van der Waals surface area contributed by atoms with E-state index >= 15 is 0 Å². The van der Waals surface area contributed by atoms with Gasteiger partial charge in [-0.25, -0.2) is 4.99 Å². The Bertz CT molecular complexity index is 821. The van der Waals surface area contributed by atoms with Gasteiger partial charge in [0.2, 0.25) is 0 Å². The normalized spacial score (nSPS) is 13.8. The van der Waals surface area contributed by atoms with E-state index in [1.165, 1.54) is 18.2 Å². The van der Waals surface area contributed by atoms with Gasteiger partial charge < -0.3 is 9.84 Å². The smallest absolute Gasteiger partial charge is 0.166 e. The van der Waals surface area contributed by atoms with E-state index < -0.39 is 0 Å². The molecule has 3 rings (SSSR count). The maximum Gasteiger partial charge on any atom is 0.166 e. The van der Waals surface area contributed by atoms with E-state index in [-0.39, 0.29) is 5.75 Å². The number of nitrogens with zero attached hydrogens (tertiary/aromatic N) is 2. The largest absolute Gasteiger partial charge is 0.504 e. The van der Waals surface area contributed by atoms with Crippen LogP contribution in [0.25, 0.3) is 0 Å². The molecule has 23 heavy (non-hydrogen) atoms. The number of phenolic OH excluding ortho intramolecular Hbond substituents is 1. The number of phenols is 1. The van der Waals surface area contributed by atoms with Gasteiger partial charge in [-0.1, -0.05) is 11.6 Å². The summed E-state index contributed by atoms with van der Waals surface area (Å²) in [6.45, 7) is 0. The van der Waals surface area contributed by atoms with Crippen LogP contribution in [-0.4, -0.2) is 18.4 Å². The van der Waals surface area contributed by atoms with Crippen LogP contribution in [-0.2, 0) is 12.8 Å². The van der Waals surface area contributed by atoms with Crippen molar-refractivity contribution in [3.63, 3.8) is 0 Å². The van der Waals surface area contributed by atoms with Crippen molar-refractivity contribution >= 4 is 34.2 Å². The van der Waals surface area contributed by atoms with Crippen LogP contribution in [0.5, 0.6) is 11.5 Å². The van der Waals surface area contributed by atoms with E-state index in [2.05, 4.69) is 11.1 Å². The Balaban J connectivity index is 2.00. The number of aryl methyl sites for hydroxylation is 1. The summed E-state index contributed by atoms with van der Waals surface area (Å²) < 4.78 is 5.08. The summed E-state index contributed by atoms with van der Waals surface area (Å²) in [5.74, 6) is 0.283. The van der Waals surface area contributed by atoms with Crippen molar-refractivity contribution < 1.29 is 9.84 Å². The first-order valence-corrected chi connectivity index (χ1v) is 8.48. The van der Waals surface area contributed by atoms with Gasteiger partial charge in [-0.2, -0.15) is 5.26 Å². The molecule has 0 amide bonds. The molecule has 0 radical (unpaired) electrons. The molecule has 1 aromatic heterocycles. The molecule has 0 saturated heterocycles. The summed E-state index contributed by atoms with van der Waals surface area (Å²) in [5.41, 5.74) is 2.27. The highest BCUT2D eigenvalue weighted by Gasteiger charge is 2.20. The molecule has 1 N–H and O–H groups in total. The number of aromatic hydroxyl groups is 1. The van der Waals surface area contributed by atoms with E-state index in [1.54, 1.807) is 23.5 Å². The molecule has 6 heteroatoms. The second kappa shape index (κ2) is 6.61. The highest BCUT2D eigenvalue weighted by atomic mass is 35.5. The van der Waals surface area contributed by atoms with Crippen molar-refractivity contribution in [2.24, 2.45) is 4.99 Å². The lowest BCUT2D eigenvalue weighted by molar-refractivity contribution is 0.373. The van der Waals surface area contributed by atoms with E-state index in [4.69, 9.17) is 16.3 Å². The van der Waals surface area contributed by atoms with Gasteiger partial charge in [-0.05, 0) is 37.3 Å². The molecule has 0 saturated carbocycles. The highest BCUT2D eigenvalue weighted by molar-refractivity contribution is 7.16. The molecule has 2 aromatic rings. The second-order valence-electron chi connectivity index (χ2n) is 5.31. The number of rotatable bonds is 3. The molecule has 1 aromatic carbocycles. The quantitative estimate of drug-likeness (QED) is 0.825. The number of hydrogen-bond acceptors (Lipinski definition) is 5. The van der Waals surface area contributed by atoms with Crippen molar-refractivity contribution in [1.82, 2.24) is 0 Å². The van der Waals surface area contributed by atoms with Gasteiger partial charge in [-0.3, -0.25) is 0 Å². The average molecular weight is 347 g/mol. The Morgan fingerprint density at radius 2 is 2.17 bits per heavy atom. The number of hydrogen-bond donors (Lipinski definition) is 1. The predicted molar refractivity (Wildman–Crippen MR) is 92.6 cm³/mol. The molecule has 0 atom stereocenters. The minimum absolute atomic E-state index is 0.0134. The topological polar surface area (TPSA) is 65.6 Å². The average Bonchev–Trinajstić information content (AvgIpc) is 2.92. The van der Waals surface area contributed by atoms with Crippen molar-refractivity contribution in [2.75, 3.05) is 7.11 Å². The maximum absolute atomic E-state index is 10.1. The molecular formula is C17H15ClN2O2S. The van der Waals surface area contributed by atoms with E-state index in [1.807, 2.05) is 0 Å². The zero-order valence-electron chi connectivity index (χ0n) is 12.6. The Hall–Kier alpha value is -2.03. The number of ether oxygens (including phenoxy) is 1. The fourth-order valence-electron chi connectivity index (χ4n) is 2.73. The molecular weight excluding hydrogens is 332 g/mol. The number of fused-ring (bicyclic) bond motifs is 1.